The zero-order valence-electron chi connectivity index (χ0n) is 33.7. The summed E-state index contributed by atoms with van der Waals surface area (Å²) in [5.74, 6) is -0.872. The van der Waals surface area contributed by atoms with Gasteiger partial charge in [-0.2, -0.15) is 0 Å². The van der Waals surface area contributed by atoms with E-state index in [0.717, 1.165) is 44.9 Å². The van der Waals surface area contributed by atoms with Crippen LogP contribution in [0.5, 0.6) is 0 Å². The molecule has 0 aromatic carbocycles. The van der Waals surface area contributed by atoms with Crippen LogP contribution in [0.25, 0.3) is 0 Å². The van der Waals surface area contributed by atoms with E-state index in [4.69, 9.17) is 24.3 Å². The molecule has 53 heavy (non-hydrogen) atoms. The van der Waals surface area contributed by atoms with Gasteiger partial charge in [-0.15, -0.1) is 0 Å². The van der Waals surface area contributed by atoms with Crippen molar-refractivity contribution in [2.75, 3.05) is 26.4 Å². The van der Waals surface area contributed by atoms with E-state index >= 15 is 0 Å². The molecule has 308 valence electrons. The second-order valence-corrected chi connectivity index (χ2v) is 15.4. The lowest BCUT2D eigenvalue weighted by Crippen LogP contribution is -2.29. The van der Waals surface area contributed by atoms with Crippen LogP contribution in [-0.2, 0) is 32.7 Å². The van der Waals surface area contributed by atoms with Crippen LogP contribution in [0, 0.1) is 0 Å². The van der Waals surface area contributed by atoms with Gasteiger partial charge in [0.25, 0.3) is 0 Å². The predicted octanol–water partition coefficient (Wildman–Crippen LogP) is 11.9. The van der Waals surface area contributed by atoms with E-state index in [-0.39, 0.29) is 32.6 Å². The number of esters is 2. The highest BCUT2D eigenvalue weighted by Gasteiger charge is 2.26. The van der Waals surface area contributed by atoms with Crippen molar-refractivity contribution in [2.24, 2.45) is 5.73 Å². The third-order valence-corrected chi connectivity index (χ3v) is 9.81. The quantitative estimate of drug-likeness (QED) is 0.0271. The first-order chi connectivity index (χ1) is 25.8. The minimum absolute atomic E-state index is 0.0458. The van der Waals surface area contributed by atoms with E-state index in [9.17, 15) is 19.0 Å². The summed E-state index contributed by atoms with van der Waals surface area (Å²) in [6, 6.07) is 0. The molecule has 0 aromatic rings. The van der Waals surface area contributed by atoms with E-state index in [1.807, 2.05) is 36.5 Å². The lowest BCUT2D eigenvalue weighted by molar-refractivity contribution is -0.161. The second kappa shape index (κ2) is 39.7. The fourth-order valence-corrected chi connectivity index (χ4v) is 6.47. The van der Waals surface area contributed by atoms with E-state index in [1.54, 1.807) is 0 Å². The fraction of sp³-hybridized carbons (Fsp3) is 0.767. The molecule has 2 unspecified atom stereocenters. The average Bonchev–Trinajstić information content (AvgIpc) is 3.14. The Bertz CT molecular complexity index is 1010. The average molecular weight is 768 g/mol. The first kappa shape index (κ1) is 51.0. The van der Waals surface area contributed by atoms with Crippen LogP contribution in [0.4, 0.5) is 0 Å². The molecule has 0 radical (unpaired) electrons. The molecule has 0 heterocycles. The molecule has 9 nitrogen and oxygen atoms in total. The number of phosphoric ester groups is 1. The zero-order chi connectivity index (χ0) is 38.9. The number of hydrogen-bond acceptors (Lipinski definition) is 8. The summed E-state index contributed by atoms with van der Waals surface area (Å²) in [5, 5.41) is 0. The third kappa shape index (κ3) is 39.5. The van der Waals surface area contributed by atoms with Gasteiger partial charge in [-0.3, -0.25) is 18.6 Å². The lowest BCUT2D eigenvalue weighted by atomic mass is 10.0. The number of ether oxygens (including phenoxy) is 2. The van der Waals surface area contributed by atoms with Gasteiger partial charge in [-0.25, -0.2) is 4.57 Å². The second-order valence-electron chi connectivity index (χ2n) is 13.9. The SMILES string of the molecule is CC/C=C/C=C/C=C/C=C/CCCCCC(=O)OC(COC(=O)CCCCCCCCCCCCCCCCCCCCC)COP(=O)(O)OCCN. The fourth-order valence-electron chi connectivity index (χ4n) is 5.70. The number of nitrogens with two attached hydrogens (primary N) is 1. The van der Waals surface area contributed by atoms with Crippen molar-refractivity contribution < 1.29 is 37.6 Å². The van der Waals surface area contributed by atoms with Gasteiger partial charge in [0.2, 0.25) is 0 Å². The van der Waals surface area contributed by atoms with Crippen molar-refractivity contribution >= 4 is 19.8 Å². The monoisotopic (exact) mass is 768 g/mol. The van der Waals surface area contributed by atoms with Crippen molar-refractivity contribution in [2.45, 2.75) is 187 Å². The molecule has 0 aliphatic carbocycles. The lowest BCUT2D eigenvalue weighted by Gasteiger charge is -2.19. The maximum Gasteiger partial charge on any atom is 0.472 e. The molecule has 0 aromatic heterocycles. The maximum absolute atomic E-state index is 12.5. The van der Waals surface area contributed by atoms with E-state index in [2.05, 4.69) is 26.0 Å². The Morgan fingerprint density at radius 1 is 0.585 bits per heavy atom. The summed E-state index contributed by atoms with van der Waals surface area (Å²) < 4.78 is 32.7. The molecular formula is C43H78NO8P. The van der Waals surface area contributed by atoms with Crippen LogP contribution in [0.2, 0.25) is 0 Å². The van der Waals surface area contributed by atoms with Gasteiger partial charge in [-0.1, -0.05) is 184 Å². The van der Waals surface area contributed by atoms with Crippen molar-refractivity contribution in [3.8, 4) is 0 Å². The summed E-state index contributed by atoms with van der Waals surface area (Å²) in [6.45, 7) is 3.55. The Morgan fingerprint density at radius 2 is 1.04 bits per heavy atom. The van der Waals surface area contributed by atoms with Crippen molar-refractivity contribution in [1.29, 1.82) is 0 Å². The molecule has 2 atom stereocenters. The molecule has 0 saturated carbocycles. The van der Waals surface area contributed by atoms with Crippen molar-refractivity contribution in [1.82, 2.24) is 0 Å². The molecule has 0 fully saturated rings. The van der Waals surface area contributed by atoms with E-state index in [1.165, 1.54) is 103 Å². The van der Waals surface area contributed by atoms with Gasteiger partial charge in [-0.05, 0) is 32.1 Å². The van der Waals surface area contributed by atoms with Gasteiger partial charge in [0.1, 0.15) is 6.61 Å². The Hall–Kier alpha value is -2.03. The number of allylic oxidation sites excluding steroid dienone is 8. The Balaban J connectivity index is 4.15. The number of hydrogen-bond donors (Lipinski definition) is 2. The summed E-state index contributed by atoms with van der Waals surface area (Å²) in [6.07, 6.45) is 44.4. The van der Waals surface area contributed by atoms with Gasteiger partial charge < -0.3 is 20.1 Å². The van der Waals surface area contributed by atoms with Crippen molar-refractivity contribution in [3.05, 3.63) is 48.6 Å². The smallest absolute Gasteiger partial charge is 0.462 e. The highest BCUT2D eigenvalue weighted by molar-refractivity contribution is 7.47. The minimum Gasteiger partial charge on any atom is -0.462 e. The minimum atomic E-state index is -4.38. The topological polar surface area (TPSA) is 134 Å². The van der Waals surface area contributed by atoms with Crippen molar-refractivity contribution in [3.63, 3.8) is 0 Å². The summed E-state index contributed by atoms with van der Waals surface area (Å²) >= 11 is 0. The first-order valence-corrected chi connectivity index (χ1v) is 22.7. The standard InChI is InChI=1S/C43H78NO8P/c1-3-5-7-9-11-13-15-17-18-19-20-21-22-24-25-27-29-31-33-35-42(45)49-39-41(40-51-53(47,48)50-38-37-44)52-43(46)36-34-32-30-28-26-23-16-14-12-10-8-6-4-2/h6,8,10,12,14,16,23,26,41H,3-5,7,9,11,13,15,17-22,24-25,27-40,44H2,1-2H3,(H,47,48)/b8-6+,12-10+,16-14+,26-23+. The van der Waals surface area contributed by atoms with Crippen LogP contribution in [-0.4, -0.2) is 49.3 Å². The Kier molecular flexibility index (Phi) is 38.1. The number of rotatable bonds is 39. The molecule has 0 rings (SSSR count). The summed E-state index contributed by atoms with van der Waals surface area (Å²) in [5.41, 5.74) is 5.34. The normalized spacial score (nSPS) is 13.8. The zero-order valence-corrected chi connectivity index (χ0v) is 34.6. The van der Waals surface area contributed by atoms with E-state index < -0.39 is 32.5 Å². The van der Waals surface area contributed by atoms with Crippen LogP contribution in [0.1, 0.15) is 181 Å². The van der Waals surface area contributed by atoms with Crippen LogP contribution in [0.3, 0.4) is 0 Å². The molecule has 0 amide bonds. The third-order valence-electron chi connectivity index (χ3n) is 8.82. The summed E-state index contributed by atoms with van der Waals surface area (Å²) in [4.78, 5) is 34.8. The van der Waals surface area contributed by atoms with Crippen LogP contribution in [0.15, 0.2) is 48.6 Å². The predicted molar refractivity (Wildman–Crippen MR) is 220 cm³/mol. The number of carbonyl (C=O) groups excluding carboxylic acids is 2. The molecule has 0 saturated heterocycles. The Labute approximate surface area is 324 Å². The Morgan fingerprint density at radius 3 is 1.55 bits per heavy atom. The highest BCUT2D eigenvalue weighted by Crippen LogP contribution is 2.43. The molecule has 0 spiro atoms. The van der Waals surface area contributed by atoms with Gasteiger partial charge >= 0.3 is 19.8 Å². The first-order valence-electron chi connectivity index (χ1n) is 21.2. The highest BCUT2D eigenvalue weighted by atomic mass is 31.2. The van der Waals surface area contributed by atoms with Crippen LogP contribution < -0.4 is 5.73 Å². The molecule has 0 aliphatic heterocycles. The molecule has 0 aliphatic rings. The van der Waals surface area contributed by atoms with Gasteiger partial charge in [0.05, 0.1) is 13.2 Å². The largest absolute Gasteiger partial charge is 0.472 e. The molecule has 3 N–H and O–H groups in total. The number of phosphoric acid groups is 1. The number of unbranched alkanes of at least 4 members (excludes halogenated alkanes) is 21. The molecule has 10 heteroatoms. The summed E-state index contributed by atoms with van der Waals surface area (Å²) in [7, 11) is -4.38. The molecular weight excluding hydrogens is 689 g/mol. The maximum atomic E-state index is 12.5. The molecule has 0 bridgehead atoms. The van der Waals surface area contributed by atoms with E-state index in [0.29, 0.717) is 6.42 Å². The van der Waals surface area contributed by atoms with Gasteiger partial charge in [0, 0.05) is 19.4 Å². The van der Waals surface area contributed by atoms with Gasteiger partial charge in [0.15, 0.2) is 6.10 Å². The number of carbonyl (C=O) groups is 2. The van der Waals surface area contributed by atoms with Crippen LogP contribution >= 0.6 is 7.82 Å².